The van der Waals surface area contributed by atoms with E-state index in [4.69, 9.17) is 0 Å². The largest absolute Gasteiger partial charge is 0.356 e. The molecule has 2 heteroatoms. The van der Waals surface area contributed by atoms with Crippen LogP contribution in [0.25, 0.3) is 0 Å². The molecule has 1 saturated heterocycles. The predicted molar refractivity (Wildman–Crippen MR) is 35.9 cm³/mol. The van der Waals surface area contributed by atoms with Gasteiger partial charge in [-0.1, -0.05) is 12.2 Å². The molecular formula is C7H11NO. The molecular weight excluding hydrogens is 114 g/mol. The Labute approximate surface area is 54.9 Å². The number of hydrogen-bond donors (Lipinski definition) is 1. The van der Waals surface area contributed by atoms with Gasteiger partial charge in [0.05, 0.1) is 5.92 Å². The molecule has 1 N–H and O–H groups in total. The third-order valence-electron chi connectivity index (χ3n) is 1.64. The van der Waals surface area contributed by atoms with Crippen molar-refractivity contribution in [2.45, 2.75) is 13.3 Å². The zero-order valence-electron chi connectivity index (χ0n) is 5.61. The lowest BCUT2D eigenvalue weighted by molar-refractivity contribution is -0.121. The van der Waals surface area contributed by atoms with Crippen molar-refractivity contribution in [2.24, 2.45) is 5.92 Å². The molecule has 0 unspecified atom stereocenters. The van der Waals surface area contributed by atoms with Crippen molar-refractivity contribution in [2.75, 3.05) is 6.54 Å². The van der Waals surface area contributed by atoms with E-state index >= 15 is 0 Å². The van der Waals surface area contributed by atoms with Crippen LogP contribution in [0.2, 0.25) is 0 Å². The van der Waals surface area contributed by atoms with Crippen LogP contribution in [0, 0.1) is 5.92 Å². The molecule has 1 amide bonds. The zero-order chi connectivity index (χ0) is 6.85. The van der Waals surface area contributed by atoms with Gasteiger partial charge in [0.2, 0.25) is 5.91 Å². The first kappa shape index (κ1) is 6.33. The van der Waals surface area contributed by atoms with Crippen LogP contribution in [0.1, 0.15) is 13.3 Å². The van der Waals surface area contributed by atoms with Crippen molar-refractivity contribution in [3.8, 4) is 0 Å². The second kappa shape index (κ2) is 2.21. The molecule has 50 valence electrons. The minimum absolute atomic E-state index is 0.0880. The van der Waals surface area contributed by atoms with E-state index < -0.39 is 0 Å². The maximum absolute atomic E-state index is 10.8. The molecule has 0 bridgehead atoms. The topological polar surface area (TPSA) is 29.1 Å². The summed E-state index contributed by atoms with van der Waals surface area (Å²) in [6.07, 6.45) is 0.925. The third kappa shape index (κ3) is 1.12. The fourth-order valence-corrected chi connectivity index (χ4v) is 1.06. The molecule has 0 aromatic heterocycles. The van der Waals surface area contributed by atoms with Crippen LogP contribution in [-0.2, 0) is 4.79 Å². The Hall–Kier alpha value is -0.790. The number of amides is 1. The summed E-state index contributed by atoms with van der Waals surface area (Å²) in [4.78, 5) is 10.8. The van der Waals surface area contributed by atoms with Crippen molar-refractivity contribution in [1.82, 2.24) is 5.32 Å². The lowest BCUT2D eigenvalue weighted by atomic mass is 10.0. The number of rotatable bonds is 1. The maximum atomic E-state index is 10.8. The number of carbonyl (C=O) groups excluding carboxylic acids is 1. The summed E-state index contributed by atoms with van der Waals surface area (Å²) < 4.78 is 0. The van der Waals surface area contributed by atoms with E-state index in [1.807, 2.05) is 6.92 Å². The van der Waals surface area contributed by atoms with Crippen LogP contribution in [-0.4, -0.2) is 12.5 Å². The fraction of sp³-hybridized carbons (Fsp3) is 0.571. The minimum atomic E-state index is 0.0880. The highest BCUT2D eigenvalue weighted by atomic mass is 16.2. The first-order valence-corrected chi connectivity index (χ1v) is 3.15. The SMILES string of the molecule is C=C(C)[C@H]1CCNC1=O. The third-order valence-corrected chi connectivity index (χ3v) is 1.64. The molecule has 1 fully saturated rings. The van der Waals surface area contributed by atoms with Gasteiger partial charge in [-0.3, -0.25) is 4.79 Å². The van der Waals surface area contributed by atoms with Gasteiger partial charge in [0.15, 0.2) is 0 Å². The number of carbonyl (C=O) groups is 1. The molecule has 0 saturated carbocycles. The molecule has 1 rings (SSSR count). The van der Waals surface area contributed by atoms with Gasteiger partial charge < -0.3 is 5.32 Å². The Kier molecular flexibility index (Phi) is 1.56. The van der Waals surface area contributed by atoms with Crippen LogP contribution in [0.4, 0.5) is 0 Å². The highest BCUT2D eigenvalue weighted by molar-refractivity contribution is 5.83. The molecule has 1 atom stereocenters. The van der Waals surface area contributed by atoms with Gasteiger partial charge in [-0.05, 0) is 13.3 Å². The molecule has 0 aromatic carbocycles. The summed E-state index contributed by atoms with van der Waals surface area (Å²) in [6.45, 7) is 6.44. The van der Waals surface area contributed by atoms with Crippen molar-refractivity contribution in [3.05, 3.63) is 12.2 Å². The highest BCUT2D eigenvalue weighted by Gasteiger charge is 2.23. The summed E-state index contributed by atoms with van der Waals surface area (Å²) in [6, 6.07) is 0. The molecule has 1 heterocycles. The zero-order valence-corrected chi connectivity index (χ0v) is 5.61. The summed E-state index contributed by atoms with van der Waals surface area (Å²) >= 11 is 0. The molecule has 9 heavy (non-hydrogen) atoms. The van der Waals surface area contributed by atoms with Gasteiger partial charge in [0.25, 0.3) is 0 Å². The second-order valence-electron chi connectivity index (χ2n) is 2.48. The van der Waals surface area contributed by atoms with Gasteiger partial charge in [-0.25, -0.2) is 0 Å². The van der Waals surface area contributed by atoms with E-state index in [1.54, 1.807) is 0 Å². The minimum Gasteiger partial charge on any atom is -0.356 e. The molecule has 0 radical (unpaired) electrons. The average Bonchev–Trinajstić information content (AvgIpc) is 2.13. The van der Waals surface area contributed by atoms with Crippen LogP contribution < -0.4 is 5.32 Å². The van der Waals surface area contributed by atoms with E-state index in [0.717, 1.165) is 18.5 Å². The van der Waals surface area contributed by atoms with Gasteiger partial charge in [-0.2, -0.15) is 0 Å². The monoisotopic (exact) mass is 125 g/mol. The molecule has 0 aliphatic carbocycles. The first-order chi connectivity index (χ1) is 4.22. The van der Waals surface area contributed by atoms with Crippen LogP contribution >= 0.6 is 0 Å². The number of nitrogens with one attached hydrogen (secondary N) is 1. The van der Waals surface area contributed by atoms with Crippen LogP contribution in [0.3, 0.4) is 0 Å². The van der Waals surface area contributed by atoms with Gasteiger partial charge in [-0.15, -0.1) is 0 Å². The van der Waals surface area contributed by atoms with Gasteiger partial charge in [0.1, 0.15) is 0 Å². The van der Waals surface area contributed by atoms with Crippen molar-refractivity contribution >= 4 is 5.91 Å². The first-order valence-electron chi connectivity index (χ1n) is 3.15. The van der Waals surface area contributed by atoms with E-state index in [0.29, 0.717) is 0 Å². The maximum Gasteiger partial charge on any atom is 0.227 e. The molecule has 1 aliphatic heterocycles. The quantitative estimate of drug-likeness (QED) is 0.513. The summed E-state index contributed by atoms with van der Waals surface area (Å²) in [5.41, 5.74) is 0.977. The highest BCUT2D eigenvalue weighted by Crippen LogP contribution is 2.16. The van der Waals surface area contributed by atoms with Crippen molar-refractivity contribution in [3.63, 3.8) is 0 Å². The normalized spacial score (nSPS) is 25.9. The molecule has 0 aromatic rings. The van der Waals surface area contributed by atoms with E-state index in [-0.39, 0.29) is 11.8 Å². The average molecular weight is 125 g/mol. The summed E-state index contributed by atoms with van der Waals surface area (Å²) in [5, 5.41) is 2.75. The number of hydrogen-bond acceptors (Lipinski definition) is 1. The van der Waals surface area contributed by atoms with Crippen LogP contribution in [0.5, 0.6) is 0 Å². The fourth-order valence-electron chi connectivity index (χ4n) is 1.06. The van der Waals surface area contributed by atoms with Gasteiger partial charge >= 0.3 is 0 Å². The van der Waals surface area contributed by atoms with Crippen LogP contribution in [0.15, 0.2) is 12.2 Å². The summed E-state index contributed by atoms with van der Waals surface area (Å²) in [7, 11) is 0. The smallest absolute Gasteiger partial charge is 0.227 e. The summed E-state index contributed by atoms with van der Waals surface area (Å²) in [5.74, 6) is 0.229. The van der Waals surface area contributed by atoms with Gasteiger partial charge in [0, 0.05) is 6.54 Å². The van der Waals surface area contributed by atoms with Crippen molar-refractivity contribution < 1.29 is 4.79 Å². The Balaban J connectivity index is 2.60. The molecule has 2 nitrogen and oxygen atoms in total. The molecule has 1 aliphatic rings. The predicted octanol–water partition coefficient (Wildman–Crippen LogP) is 0.699. The molecule has 0 spiro atoms. The van der Waals surface area contributed by atoms with E-state index in [2.05, 4.69) is 11.9 Å². The van der Waals surface area contributed by atoms with Crippen molar-refractivity contribution in [1.29, 1.82) is 0 Å². The lowest BCUT2D eigenvalue weighted by Gasteiger charge is -2.02. The van der Waals surface area contributed by atoms with E-state index in [1.165, 1.54) is 0 Å². The lowest BCUT2D eigenvalue weighted by Crippen LogP contribution is -2.19. The Morgan fingerprint density at radius 3 is 2.78 bits per heavy atom. The Bertz CT molecular complexity index is 151. The second-order valence-corrected chi connectivity index (χ2v) is 2.48. The Morgan fingerprint density at radius 2 is 2.56 bits per heavy atom. The van der Waals surface area contributed by atoms with E-state index in [9.17, 15) is 4.79 Å². The Morgan fingerprint density at radius 1 is 1.89 bits per heavy atom. The standard InChI is InChI=1S/C7H11NO/c1-5(2)6-3-4-8-7(6)9/h6H,1,3-4H2,2H3,(H,8,9)/t6-/m1/s1.